The van der Waals surface area contributed by atoms with E-state index >= 15 is 0 Å². The second-order valence-electron chi connectivity index (χ2n) is 5.24. The van der Waals surface area contributed by atoms with Crippen LogP contribution in [0.5, 0.6) is 0 Å². The van der Waals surface area contributed by atoms with Gasteiger partial charge in [-0.25, -0.2) is 0 Å². The van der Waals surface area contributed by atoms with Crippen molar-refractivity contribution >= 4 is 5.78 Å². The molecule has 0 aliphatic heterocycles. The van der Waals surface area contributed by atoms with Crippen LogP contribution in [0.3, 0.4) is 0 Å². The lowest BCUT2D eigenvalue weighted by Gasteiger charge is -2.26. The summed E-state index contributed by atoms with van der Waals surface area (Å²) in [5.41, 5.74) is -0.697. The second-order valence-corrected chi connectivity index (χ2v) is 5.24. The van der Waals surface area contributed by atoms with Crippen LogP contribution in [0.2, 0.25) is 0 Å². The first-order valence-electron chi connectivity index (χ1n) is 5.01. The van der Waals surface area contributed by atoms with E-state index in [0.717, 1.165) is 12.8 Å². The Morgan fingerprint density at radius 1 is 1.31 bits per heavy atom. The molecule has 0 atom stereocenters. The molecule has 0 aromatic rings. The van der Waals surface area contributed by atoms with Crippen LogP contribution in [0, 0.1) is 5.41 Å². The third-order valence-corrected chi connectivity index (χ3v) is 2.26. The molecule has 0 saturated heterocycles. The Morgan fingerprint density at radius 3 is 2.00 bits per heavy atom. The molecule has 0 N–H and O–H groups in total. The Kier molecular flexibility index (Phi) is 2.54. The van der Waals surface area contributed by atoms with Crippen LogP contribution in [-0.4, -0.2) is 17.5 Å². The standard InChI is InChI=1S/C11H20O2/c1-8(2)13-11(6-7-11)9(12)10(3,4)5/h8H,6-7H2,1-5H3. The van der Waals surface area contributed by atoms with Crippen LogP contribution in [0.4, 0.5) is 0 Å². The van der Waals surface area contributed by atoms with Gasteiger partial charge in [-0.3, -0.25) is 4.79 Å². The van der Waals surface area contributed by atoms with Crippen molar-refractivity contribution < 1.29 is 9.53 Å². The fourth-order valence-corrected chi connectivity index (χ4v) is 1.65. The molecule has 2 heteroatoms. The van der Waals surface area contributed by atoms with Crippen molar-refractivity contribution in [1.29, 1.82) is 0 Å². The molecule has 1 fully saturated rings. The van der Waals surface area contributed by atoms with E-state index in [1.807, 2.05) is 34.6 Å². The van der Waals surface area contributed by atoms with Crippen molar-refractivity contribution in [3.8, 4) is 0 Å². The van der Waals surface area contributed by atoms with E-state index in [-0.39, 0.29) is 17.3 Å². The Balaban J connectivity index is 2.66. The average Bonchev–Trinajstić information content (AvgIpc) is 2.64. The highest BCUT2D eigenvalue weighted by atomic mass is 16.5. The van der Waals surface area contributed by atoms with Crippen LogP contribution in [-0.2, 0) is 9.53 Å². The van der Waals surface area contributed by atoms with Crippen LogP contribution in [0.1, 0.15) is 47.5 Å². The SMILES string of the molecule is CC(C)OC1(C(=O)C(C)(C)C)CC1. The maximum atomic E-state index is 12.0. The molecule has 0 spiro atoms. The van der Waals surface area contributed by atoms with Gasteiger partial charge in [-0.1, -0.05) is 20.8 Å². The predicted molar refractivity (Wildman–Crippen MR) is 52.6 cm³/mol. The molecule has 0 unspecified atom stereocenters. The van der Waals surface area contributed by atoms with E-state index in [9.17, 15) is 4.79 Å². The highest BCUT2D eigenvalue weighted by Crippen LogP contribution is 2.45. The summed E-state index contributed by atoms with van der Waals surface area (Å²) in [7, 11) is 0. The van der Waals surface area contributed by atoms with Gasteiger partial charge in [-0.05, 0) is 26.7 Å². The topological polar surface area (TPSA) is 26.3 Å². The third kappa shape index (κ3) is 2.31. The fraction of sp³-hybridized carbons (Fsp3) is 0.909. The predicted octanol–water partition coefficient (Wildman–Crippen LogP) is 2.56. The van der Waals surface area contributed by atoms with E-state index in [0.29, 0.717) is 0 Å². The zero-order valence-corrected chi connectivity index (χ0v) is 9.31. The molecular formula is C11H20O2. The zero-order chi connectivity index (χ0) is 10.3. The van der Waals surface area contributed by atoms with Gasteiger partial charge in [0, 0.05) is 5.41 Å². The summed E-state index contributed by atoms with van der Waals surface area (Å²) in [5, 5.41) is 0. The number of hydrogen-bond donors (Lipinski definition) is 0. The minimum absolute atomic E-state index is 0.147. The first kappa shape index (κ1) is 10.7. The first-order valence-corrected chi connectivity index (χ1v) is 5.01. The number of rotatable bonds is 3. The lowest BCUT2D eigenvalue weighted by atomic mass is 9.86. The monoisotopic (exact) mass is 184 g/mol. The number of Topliss-reactive ketones (excluding diaryl/α,β-unsaturated/α-hetero) is 1. The maximum Gasteiger partial charge on any atom is 0.169 e. The molecule has 0 aromatic carbocycles. The van der Waals surface area contributed by atoms with Gasteiger partial charge in [0.1, 0.15) is 5.60 Å². The van der Waals surface area contributed by atoms with Gasteiger partial charge in [-0.2, -0.15) is 0 Å². The molecule has 0 radical (unpaired) electrons. The summed E-state index contributed by atoms with van der Waals surface area (Å²) in [5.74, 6) is 0.258. The summed E-state index contributed by atoms with van der Waals surface area (Å²) in [6.07, 6.45) is 1.96. The van der Waals surface area contributed by atoms with E-state index in [1.54, 1.807) is 0 Å². The third-order valence-electron chi connectivity index (χ3n) is 2.26. The molecule has 0 heterocycles. The molecule has 1 saturated carbocycles. The summed E-state index contributed by atoms with van der Waals surface area (Å²) in [6, 6.07) is 0. The van der Waals surface area contributed by atoms with Crippen molar-refractivity contribution in [2.24, 2.45) is 5.41 Å². The Bertz CT molecular complexity index is 207. The molecule has 0 aromatic heterocycles. The molecule has 0 bridgehead atoms. The van der Waals surface area contributed by atoms with Gasteiger partial charge >= 0.3 is 0 Å². The summed E-state index contributed by atoms with van der Waals surface area (Å²) < 4.78 is 5.69. The highest BCUT2D eigenvalue weighted by Gasteiger charge is 2.54. The molecule has 1 aliphatic rings. The van der Waals surface area contributed by atoms with Crippen LogP contribution in [0.25, 0.3) is 0 Å². The van der Waals surface area contributed by atoms with Crippen LogP contribution < -0.4 is 0 Å². The van der Waals surface area contributed by atoms with E-state index in [2.05, 4.69) is 0 Å². The first-order chi connectivity index (χ1) is 5.78. The molecule has 1 rings (SSSR count). The summed E-state index contributed by atoms with van der Waals surface area (Å²) in [6.45, 7) is 9.84. The van der Waals surface area contributed by atoms with Gasteiger partial charge in [0.2, 0.25) is 0 Å². The lowest BCUT2D eigenvalue weighted by Crippen LogP contribution is -2.37. The van der Waals surface area contributed by atoms with Gasteiger partial charge in [-0.15, -0.1) is 0 Å². The van der Waals surface area contributed by atoms with Crippen molar-refractivity contribution in [1.82, 2.24) is 0 Å². The Hall–Kier alpha value is -0.370. The van der Waals surface area contributed by atoms with Crippen molar-refractivity contribution in [3.63, 3.8) is 0 Å². The fourth-order valence-electron chi connectivity index (χ4n) is 1.65. The quantitative estimate of drug-likeness (QED) is 0.673. The maximum absolute atomic E-state index is 12.0. The average molecular weight is 184 g/mol. The molecule has 1 aliphatic carbocycles. The minimum atomic E-state index is -0.424. The Labute approximate surface area is 80.7 Å². The van der Waals surface area contributed by atoms with Gasteiger partial charge in [0.15, 0.2) is 5.78 Å². The summed E-state index contributed by atoms with van der Waals surface area (Å²) in [4.78, 5) is 12.0. The van der Waals surface area contributed by atoms with Gasteiger partial charge in [0.25, 0.3) is 0 Å². The van der Waals surface area contributed by atoms with Gasteiger partial charge < -0.3 is 4.74 Å². The van der Waals surface area contributed by atoms with E-state index < -0.39 is 5.60 Å². The normalized spacial score (nSPS) is 20.5. The second kappa shape index (κ2) is 3.09. The molecule has 2 nitrogen and oxygen atoms in total. The molecular weight excluding hydrogens is 164 g/mol. The number of ketones is 1. The number of hydrogen-bond acceptors (Lipinski definition) is 2. The van der Waals surface area contributed by atoms with E-state index in [1.165, 1.54) is 0 Å². The number of carbonyl (C=O) groups excluding carboxylic acids is 1. The zero-order valence-electron chi connectivity index (χ0n) is 9.31. The van der Waals surface area contributed by atoms with Crippen LogP contribution in [0.15, 0.2) is 0 Å². The van der Waals surface area contributed by atoms with E-state index in [4.69, 9.17) is 4.74 Å². The van der Waals surface area contributed by atoms with Crippen molar-refractivity contribution in [3.05, 3.63) is 0 Å². The molecule has 13 heavy (non-hydrogen) atoms. The molecule has 76 valence electrons. The minimum Gasteiger partial charge on any atom is -0.365 e. The Morgan fingerprint density at radius 2 is 1.77 bits per heavy atom. The number of ether oxygens (including phenoxy) is 1. The number of carbonyl (C=O) groups is 1. The molecule has 0 amide bonds. The highest BCUT2D eigenvalue weighted by molar-refractivity contribution is 5.94. The summed E-state index contributed by atoms with van der Waals surface area (Å²) >= 11 is 0. The van der Waals surface area contributed by atoms with Crippen molar-refractivity contribution in [2.75, 3.05) is 0 Å². The van der Waals surface area contributed by atoms with Crippen molar-refractivity contribution in [2.45, 2.75) is 59.2 Å². The van der Waals surface area contributed by atoms with Gasteiger partial charge in [0.05, 0.1) is 6.10 Å². The lowest BCUT2D eigenvalue weighted by molar-refractivity contribution is -0.144. The smallest absolute Gasteiger partial charge is 0.169 e. The largest absolute Gasteiger partial charge is 0.365 e. The van der Waals surface area contributed by atoms with Crippen LogP contribution >= 0.6 is 0 Å².